The molecular formula is C19H18ClNO2. The van der Waals surface area contributed by atoms with Gasteiger partial charge in [0.15, 0.2) is 0 Å². The highest BCUT2D eigenvalue weighted by Gasteiger charge is 2.18. The summed E-state index contributed by atoms with van der Waals surface area (Å²) in [5.74, 6) is -0.468. The van der Waals surface area contributed by atoms with Crippen molar-refractivity contribution >= 4 is 28.5 Å². The molecule has 3 aromatic rings. The van der Waals surface area contributed by atoms with Crippen molar-refractivity contribution in [2.24, 2.45) is 0 Å². The highest BCUT2D eigenvalue weighted by Crippen LogP contribution is 2.35. The van der Waals surface area contributed by atoms with Crippen molar-refractivity contribution < 1.29 is 9.90 Å². The van der Waals surface area contributed by atoms with Gasteiger partial charge in [0.25, 0.3) is 0 Å². The molecule has 0 atom stereocenters. The van der Waals surface area contributed by atoms with Crippen LogP contribution in [0, 0.1) is 0 Å². The van der Waals surface area contributed by atoms with Crippen LogP contribution in [-0.4, -0.2) is 16.1 Å². The van der Waals surface area contributed by atoms with Gasteiger partial charge in [-0.15, -0.1) is 0 Å². The van der Waals surface area contributed by atoms with Crippen LogP contribution in [0.2, 0.25) is 5.02 Å². The number of carbonyl (C=O) groups is 1. The molecule has 2 N–H and O–H groups in total. The van der Waals surface area contributed by atoms with Crippen molar-refractivity contribution in [3.05, 3.63) is 58.6 Å². The predicted molar refractivity (Wildman–Crippen MR) is 94.2 cm³/mol. The van der Waals surface area contributed by atoms with Gasteiger partial charge in [-0.05, 0) is 35.2 Å². The van der Waals surface area contributed by atoms with Crippen LogP contribution in [-0.2, 0) is 11.2 Å². The van der Waals surface area contributed by atoms with Crippen molar-refractivity contribution in [1.29, 1.82) is 0 Å². The standard InChI is InChI=1S/C19H18ClNO2/c1-11(2)12-7-8-17-14(9-12)15(10-18(22)23)19(21-17)13-5-3-4-6-16(13)20/h3-9,11,21H,10H2,1-2H3,(H,22,23). The first-order chi connectivity index (χ1) is 11.0. The summed E-state index contributed by atoms with van der Waals surface area (Å²) in [7, 11) is 0. The highest BCUT2D eigenvalue weighted by molar-refractivity contribution is 6.33. The molecule has 0 amide bonds. The number of aliphatic carboxylic acids is 1. The van der Waals surface area contributed by atoms with Gasteiger partial charge in [-0.1, -0.05) is 49.7 Å². The lowest BCUT2D eigenvalue weighted by Gasteiger charge is -2.07. The van der Waals surface area contributed by atoms with E-state index in [9.17, 15) is 9.90 Å². The summed E-state index contributed by atoms with van der Waals surface area (Å²) in [6.45, 7) is 4.25. The molecule has 118 valence electrons. The lowest BCUT2D eigenvalue weighted by Crippen LogP contribution is -2.01. The summed E-state index contributed by atoms with van der Waals surface area (Å²) in [4.78, 5) is 14.7. The Kier molecular flexibility index (Phi) is 4.14. The minimum Gasteiger partial charge on any atom is -0.481 e. The summed E-state index contributed by atoms with van der Waals surface area (Å²) >= 11 is 6.31. The minimum absolute atomic E-state index is 0.0396. The monoisotopic (exact) mass is 327 g/mol. The molecule has 2 aromatic carbocycles. The molecule has 0 saturated heterocycles. The number of nitrogens with one attached hydrogen (secondary N) is 1. The Morgan fingerprint density at radius 2 is 1.96 bits per heavy atom. The number of aromatic amines is 1. The van der Waals surface area contributed by atoms with Crippen LogP contribution in [0.1, 0.15) is 30.9 Å². The molecule has 0 aliphatic heterocycles. The first-order valence-corrected chi connectivity index (χ1v) is 7.96. The quantitative estimate of drug-likeness (QED) is 0.688. The Labute approximate surface area is 139 Å². The predicted octanol–water partition coefficient (Wildman–Crippen LogP) is 5.24. The Hall–Kier alpha value is -2.26. The molecular weight excluding hydrogens is 310 g/mol. The molecule has 0 bridgehead atoms. The fraction of sp³-hybridized carbons (Fsp3) is 0.211. The van der Waals surface area contributed by atoms with Crippen molar-refractivity contribution in [3.63, 3.8) is 0 Å². The van der Waals surface area contributed by atoms with Crippen LogP contribution in [0.4, 0.5) is 0 Å². The van der Waals surface area contributed by atoms with Gasteiger partial charge in [-0.2, -0.15) is 0 Å². The summed E-state index contributed by atoms with van der Waals surface area (Å²) in [5.41, 5.74) is 4.51. The molecule has 0 saturated carbocycles. The van der Waals surface area contributed by atoms with E-state index in [1.165, 1.54) is 5.56 Å². The number of carboxylic acids is 1. The average Bonchev–Trinajstić information content (AvgIpc) is 2.85. The number of benzene rings is 2. The zero-order valence-corrected chi connectivity index (χ0v) is 13.8. The number of fused-ring (bicyclic) bond motifs is 1. The third kappa shape index (κ3) is 2.97. The third-order valence-corrected chi connectivity index (χ3v) is 4.40. The topological polar surface area (TPSA) is 53.1 Å². The molecule has 0 aliphatic carbocycles. The number of rotatable bonds is 4. The van der Waals surface area contributed by atoms with E-state index in [4.69, 9.17) is 11.6 Å². The van der Waals surface area contributed by atoms with Gasteiger partial charge >= 0.3 is 5.97 Å². The molecule has 3 rings (SSSR count). The number of carboxylic acid groups (broad SMARTS) is 1. The normalized spacial score (nSPS) is 11.3. The third-order valence-electron chi connectivity index (χ3n) is 4.07. The van der Waals surface area contributed by atoms with E-state index < -0.39 is 5.97 Å². The summed E-state index contributed by atoms with van der Waals surface area (Å²) < 4.78 is 0. The molecule has 1 heterocycles. The van der Waals surface area contributed by atoms with E-state index in [0.29, 0.717) is 10.9 Å². The summed E-state index contributed by atoms with van der Waals surface area (Å²) in [6.07, 6.45) is -0.0396. The molecule has 3 nitrogen and oxygen atoms in total. The second-order valence-electron chi connectivity index (χ2n) is 5.99. The van der Waals surface area contributed by atoms with Crippen LogP contribution in [0.25, 0.3) is 22.2 Å². The maximum Gasteiger partial charge on any atom is 0.307 e. The van der Waals surface area contributed by atoms with Crippen LogP contribution in [0.5, 0.6) is 0 Å². The minimum atomic E-state index is -0.853. The SMILES string of the molecule is CC(C)c1ccc2[nH]c(-c3ccccc3Cl)c(CC(=O)O)c2c1. The molecule has 4 heteroatoms. The number of hydrogen-bond acceptors (Lipinski definition) is 1. The zero-order valence-electron chi connectivity index (χ0n) is 13.1. The van der Waals surface area contributed by atoms with Crippen molar-refractivity contribution in [1.82, 2.24) is 4.98 Å². The largest absolute Gasteiger partial charge is 0.481 e. The summed E-state index contributed by atoms with van der Waals surface area (Å²) in [6, 6.07) is 13.6. The van der Waals surface area contributed by atoms with Gasteiger partial charge in [-0.25, -0.2) is 0 Å². The number of halogens is 1. The first kappa shape index (κ1) is 15.6. The van der Waals surface area contributed by atoms with Crippen molar-refractivity contribution in [3.8, 4) is 11.3 Å². The van der Waals surface area contributed by atoms with E-state index in [-0.39, 0.29) is 6.42 Å². The molecule has 23 heavy (non-hydrogen) atoms. The lowest BCUT2D eigenvalue weighted by atomic mass is 9.98. The number of aromatic nitrogens is 1. The van der Waals surface area contributed by atoms with Gasteiger partial charge in [-0.3, -0.25) is 4.79 Å². The zero-order chi connectivity index (χ0) is 16.6. The molecule has 0 aliphatic rings. The maximum absolute atomic E-state index is 11.4. The molecule has 0 radical (unpaired) electrons. The van der Waals surface area contributed by atoms with E-state index in [1.807, 2.05) is 30.3 Å². The van der Waals surface area contributed by atoms with Crippen LogP contribution >= 0.6 is 11.6 Å². The second-order valence-corrected chi connectivity index (χ2v) is 6.40. The molecule has 0 spiro atoms. The second kappa shape index (κ2) is 6.09. The Bertz CT molecular complexity index is 880. The fourth-order valence-electron chi connectivity index (χ4n) is 2.85. The first-order valence-electron chi connectivity index (χ1n) is 7.58. The average molecular weight is 328 g/mol. The number of hydrogen-bond donors (Lipinski definition) is 2. The van der Waals surface area contributed by atoms with Crippen molar-refractivity contribution in [2.45, 2.75) is 26.2 Å². The van der Waals surface area contributed by atoms with Gasteiger partial charge in [0.1, 0.15) is 0 Å². The van der Waals surface area contributed by atoms with Crippen molar-refractivity contribution in [2.75, 3.05) is 0 Å². The van der Waals surface area contributed by atoms with Gasteiger partial charge < -0.3 is 10.1 Å². The Morgan fingerprint density at radius 1 is 1.22 bits per heavy atom. The fourth-order valence-corrected chi connectivity index (χ4v) is 3.08. The van der Waals surface area contributed by atoms with E-state index in [2.05, 4.69) is 31.0 Å². The molecule has 1 aromatic heterocycles. The lowest BCUT2D eigenvalue weighted by molar-refractivity contribution is -0.136. The maximum atomic E-state index is 11.4. The van der Waals surface area contributed by atoms with E-state index in [1.54, 1.807) is 0 Å². The van der Waals surface area contributed by atoms with Crippen LogP contribution < -0.4 is 0 Å². The Balaban J connectivity index is 2.29. The van der Waals surface area contributed by atoms with E-state index >= 15 is 0 Å². The van der Waals surface area contributed by atoms with Gasteiger partial charge in [0.2, 0.25) is 0 Å². The van der Waals surface area contributed by atoms with Crippen LogP contribution in [0.15, 0.2) is 42.5 Å². The smallest absolute Gasteiger partial charge is 0.307 e. The van der Waals surface area contributed by atoms with Crippen LogP contribution in [0.3, 0.4) is 0 Å². The van der Waals surface area contributed by atoms with Gasteiger partial charge in [0.05, 0.1) is 12.1 Å². The molecule has 0 fully saturated rings. The highest BCUT2D eigenvalue weighted by atomic mass is 35.5. The van der Waals surface area contributed by atoms with Gasteiger partial charge in [0, 0.05) is 21.5 Å². The van der Waals surface area contributed by atoms with E-state index in [0.717, 1.165) is 27.7 Å². The summed E-state index contributed by atoms with van der Waals surface area (Å²) in [5, 5.41) is 10.9. The molecule has 0 unspecified atom stereocenters. The Morgan fingerprint density at radius 3 is 2.61 bits per heavy atom. The number of H-pyrrole nitrogens is 1.